The molecule has 1 amide bonds. The van der Waals surface area contributed by atoms with Gasteiger partial charge in [0.2, 0.25) is 5.91 Å². The number of nitrogens with one attached hydrogen (secondary N) is 2. The van der Waals surface area contributed by atoms with Crippen molar-refractivity contribution in [2.45, 2.75) is 26.4 Å². The molecule has 0 spiro atoms. The molecule has 1 aromatic carbocycles. The Hall–Kier alpha value is -0.940. The monoisotopic (exact) mass is 302 g/mol. The largest absolute Gasteiger partial charge is 0.355 e. The van der Waals surface area contributed by atoms with Crippen LogP contribution in [0.5, 0.6) is 0 Å². The van der Waals surface area contributed by atoms with Crippen LogP contribution in [-0.4, -0.2) is 18.5 Å². The average molecular weight is 303 g/mol. The first kappa shape index (κ1) is 14.1. The maximum absolute atomic E-state index is 13.5. The number of carbonyl (C=O) groups is 1. The van der Waals surface area contributed by atoms with Crippen LogP contribution in [0.1, 0.15) is 19.4 Å². The van der Waals surface area contributed by atoms with E-state index in [1.54, 1.807) is 19.1 Å². The SMILES string of the molecule is CCNC(=O)C(C)NCc1ccc(Br)cc1F. The Kier molecular flexibility index (Phi) is 5.58. The lowest BCUT2D eigenvalue weighted by atomic mass is 10.2. The van der Waals surface area contributed by atoms with Gasteiger partial charge < -0.3 is 10.6 Å². The Morgan fingerprint density at radius 2 is 2.24 bits per heavy atom. The fourth-order valence-electron chi connectivity index (χ4n) is 1.35. The Labute approximate surface area is 109 Å². The van der Waals surface area contributed by atoms with Crippen LogP contribution >= 0.6 is 15.9 Å². The summed E-state index contributed by atoms with van der Waals surface area (Å²) < 4.78 is 14.2. The first-order valence-corrected chi connectivity index (χ1v) is 6.29. The topological polar surface area (TPSA) is 41.1 Å². The molecule has 1 rings (SSSR count). The van der Waals surface area contributed by atoms with Crippen LogP contribution in [0.3, 0.4) is 0 Å². The zero-order valence-electron chi connectivity index (χ0n) is 9.89. The average Bonchev–Trinajstić information content (AvgIpc) is 2.27. The van der Waals surface area contributed by atoms with Gasteiger partial charge in [-0.15, -0.1) is 0 Å². The predicted octanol–water partition coefficient (Wildman–Crippen LogP) is 2.20. The fourth-order valence-corrected chi connectivity index (χ4v) is 1.68. The van der Waals surface area contributed by atoms with Crippen molar-refractivity contribution >= 4 is 21.8 Å². The molecule has 0 aromatic heterocycles. The second-order valence-corrected chi connectivity index (χ2v) is 4.65. The van der Waals surface area contributed by atoms with Crippen LogP contribution in [0, 0.1) is 5.82 Å². The fraction of sp³-hybridized carbons (Fsp3) is 0.417. The third kappa shape index (κ3) is 4.44. The summed E-state index contributed by atoms with van der Waals surface area (Å²) in [5.74, 6) is -0.361. The van der Waals surface area contributed by atoms with E-state index in [2.05, 4.69) is 26.6 Å². The first-order valence-electron chi connectivity index (χ1n) is 5.49. The summed E-state index contributed by atoms with van der Waals surface area (Å²) in [4.78, 5) is 11.4. The molecule has 1 atom stereocenters. The van der Waals surface area contributed by atoms with Crippen molar-refractivity contribution in [2.24, 2.45) is 0 Å². The number of benzene rings is 1. The quantitative estimate of drug-likeness (QED) is 0.875. The molecule has 3 nitrogen and oxygen atoms in total. The van der Waals surface area contributed by atoms with E-state index in [1.165, 1.54) is 6.07 Å². The van der Waals surface area contributed by atoms with Gasteiger partial charge in [-0.25, -0.2) is 4.39 Å². The van der Waals surface area contributed by atoms with Crippen molar-refractivity contribution in [3.05, 3.63) is 34.1 Å². The van der Waals surface area contributed by atoms with E-state index in [0.717, 1.165) is 0 Å². The highest BCUT2D eigenvalue weighted by molar-refractivity contribution is 9.10. The number of halogens is 2. The predicted molar refractivity (Wildman–Crippen MR) is 69.1 cm³/mol. The molecular formula is C12H16BrFN2O. The van der Waals surface area contributed by atoms with Gasteiger partial charge in [-0.3, -0.25) is 4.79 Å². The van der Waals surface area contributed by atoms with Crippen LogP contribution in [0.4, 0.5) is 4.39 Å². The Morgan fingerprint density at radius 3 is 2.82 bits per heavy atom. The molecule has 0 aliphatic carbocycles. The van der Waals surface area contributed by atoms with Gasteiger partial charge in [0.1, 0.15) is 5.82 Å². The van der Waals surface area contributed by atoms with Crippen molar-refractivity contribution in [3.8, 4) is 0 Å². The molecule has 0 aliphatic rings. The Balaban J connectivity index is 2.52. The maximum Gasteiger partial charge on any atom is 0.236 e. The number of likely N-dealkylation sites (N-methyl/N-ethyl adjacent to an activating group) is 1. The van der Waals surface area contributed by atoms with Crippen LogP contribution in [0.25, 0.3) is 0 Å². The molecular weight excluding hydrogens is 287 g/mol. The molecule has 0 heterocycles. The van der Waals surface area contributed by atoms with Gasteiger partial charge in [0.05, 0.1) is 6.04 Å². The summed E-state index contributed by atoms with van der Waals surface area (Å²) in [6.45, 7) is 4.54. The summed E-state index contributed by atoms with van der Waals surface area (Å²) in [7, 11) is 0. The smallest absolute Gasteiger partial charge is 0.236 e. The molecule has 0 saturated carbocycles. The minimum absolute atomic E-state index is 0.0787. The lowest BCUT2D eigenvalue weighted by Crippen LogP contribution is -2.41. The molecule has 1 aromatic rings. The van der Waals surface area contributed by atoms with E-state index in [-0.39, 0.29) is 17.8 Å². The molecule has 0 saturated heterocycles. The minimum Gasteiger partial charge on any atom is -0.355 e. The van der Waals surface area contributed by atoms with E-state index >= 15 is 0 Å². The Morgan fingerprint density at radius 1 is 1.53 bits per heavy atom. The van der Waals surface area contributed by atoms with E-state index in [9.17, 15) is 9.18 Å². The molecule has 17 heavy (non-hydrogen) atoms. The molecule has 0 fully saturated rings. The van der Waals surface area contributed by atoms with Gasteiger partial charge in [0.15, 0.2) is 0 Å². The van der Waals surface area contributed by atoms with Crippen molar-refractivity contribution in [3.63, 3.8) is 0 Å². The second-order valence-electron chi connectivity index (χ2n) is 3.73. The second kappa shape index (κ2) is 6.71. The normalized spacial score (nSPS) is 12.2. The van der Waals surface area contributed by atoms with Gasteiger partial charge >= 0.3 is 0 Å². The van der Waals surface area contributed by atoms with E-state index in [0.29, 0.717) is 23.1 Å². The number of carbonyl (C=O) groups excluding carboxylic acids is 1. The summed E-state index contributed by atoms with van der Waals surface area (Å²) in [6, 6.07) is 4.54. The highest BCUT2D eigenvalue weighted by Gasteiger charge is 2.11. The summed E-state index contributed by atoms with van der Waals surface area (Å²) in [6.07, 6.45) is 0. The molecule has 0 bridgehead atoms. The van der Waals surface area contributed by atoms with Crippen LogP contribution < -0.4 is 10.6 Å². The van der Waals surface area contributed by atoms with Crippen molar-refractivity contribution in [1.29, 1.82) is 0 Å². The molecule has 0 aliphatic heterocycles. The van der Waals surface area contributed by atoms with Crippen molar-refractivity contribution < 1.29 is 9.18 Å². The summed E-state index contributed by atoms with van der Waals surface area (Å²) in [5, 5.41) is 5.68. The maximum atomic E-state index is 13.5. The standard InChI is InChI=1S/C12H16BrFN2O/c1-3-15-12(17)8(2)16-7-9-4-5-10(13)6-11(9)14/h4-6,8,16H,3,7H2,1-2H3,(H,15,17). The molecule has 5 heteroatoms. The lowest BCUT2D eigenvalue weighted by molar-refractivity contribution is -0.122. The van der Waals surface area contributed by atoms with Crippen LogP contribution in [0.15, 0.2) is 22.7 Å². The van der Waals surface area contributed by atoms with Crippen molar-refractivity contribution in [1.82, 2.24) is 10.6 Å². The van der Waals surface area contributed by atoms with E-state index in [1.807, 2.05) is 6.92 Å². The lowest BCUT2D eigenvalue weighted by Gasteiger charge is -2.13. The first-order chi connectivity index (χ1) is 8.04. The summed E-state index contributed by atoms with van der Waals surface area (Å²) >= 11 is 3.20. The third-order valence-corrected chi connectivity index (χ3v) is 2.85. The van der Waals surface area contributed by atoms with E-state index in [4.69, 9.17) is 0 Å². The summed E-state index contributed by atoms with van der Waals surface area (Å²) in [5.41, 5.74) is 0.546. The van der Waals surface area contributed by atoms with E-state index < -0.39 is 0 Å². The Bertz CT molecular complexity index is 398. The van der Waals surface area contributed by atoms with Crippen LogP contribution in [0.2, 0.25) is 0 Å². The number of amides is 1. The number of rotatable bonds is 5. The van der Waals surface area contributed by atoms with Gasteiger partial charge in [0, 0.05) is 23.1 Å². The van der Waals surface area contributed by atoms with Gasteiger partial charge in [-0.05, 0) is 26.0 Å². The molecule has 0 radical (unpaired) electrons. The third-order valence-electron chi connectivity index (χ3n) is 2.36. The zero-order valence-corrected chi connectivity index (χ0v) is 11.5. The number of hydrogen-bond acceptors (Lipinski definition) is 2. The van der Waals surface area contributed by atoms with Crippen molar-refractivity contribution in [2.75, 3.05) is 6.54 Å². The number of hydrogen-bond donors (Lipinski definition) is 2. The van der Waals surface area contributed by atoms with Gasteiger partial charge in [0.25, 0.3) is 0 Å². The zero-order chi connectivity index (χ0) is 12.8. The minimum atomic E-state index is -0.335. The highest BCUT2D eigenvalue weighted by atomic mass is 79.9. The highest BCUT2D eigenvalue weighted by Crippen LogP contribution is 2.15. The molecule has 2 N–H and O–H groups in total. The molecule has 94 valence electrons. The van der Waals surface area contributed by atoms with Crippen LogP contribution in [-0.2, 0) is 11.3 Å². The van der Waals surface area contributed by atoms with Gasteiger partial charge in [-0.2, -0.15) is 0 Å². The molecule has 1 unspecified atom stereocenters. The van der Waals surface area contributed by atoms with Gasteiger partial charge in [-0.1, -0.05) is 22.0 Å².